The van der Waals surface area contributed by atoms with Crippen LogP contribution in [0.1, 0.15) is 27.0 Å². The average Bonchev–Trinajstić information content (AvgIpc) is 2.79. The van der Waals surface area contributed by atoms with Crippen LogP contribution in [0.4, 0.5) is 5.69 Å². The van der Waals surface area contributed by atoms with Crippen LogP contribution in [0.15, 0.2) is 76.5 Å². The van der Waals surface area contributed by atoms with Crippen molar-refractivity contribution in [3.05, 3.63) is 98.9 Å². The number of aryl methyl sites for hydroxylation is 1. The summed E-state index contributed by atoms with van der Waals surface area (Å²) in [5, 5.41) is 3.64. The van der Waals surface area contributed by atoms with Crippen molar-refractivity contribution < 1.29 is 9.59 Å². The van der Waals surface area contributed by atoms with Crippen molar-refractivity contribution >= 4 is 46.9 Å². The maximum Gasteiger partial charge on any atom is 0.264 e. The van der Waals surface area contributed by atoms with Crippen molar-refractivity contribution in [1.82, 2.24) is 5.32 Å². The highest BCUT2D eigenvalue weighted by Gasteiger charge is 2.27. The smallest absolute Gasteiger partial charge is 0.264 e. The third-order valence-corrected chi connectivity index (χ3v) is 6.73. The number of carbonyl (C=O) groups excluding carboxylic acids is 2. The van der Waals surface area contributed by atoms with E-state index in [1.807, 2.05) is 67.6 Å². The van der Waals surface area contributed by atoms with Crippen molar-refractivity contribution in [1.29, 1.82) is 0 Å². The molecule has 0 saturated heterocycles. The van der Waals surface area contributed by atoms with Gasteiger partial charge in [-0.1, -0.05) is 59.8 Å². The Labute approximate surface area is 197 Å². The molecule has 0 radical (unpaired) electrons. The third kappa shape index (κ3) is 4.90. The molecule has 3 aromatic carbocycles. The Morgan fingerprint density at radius 3 is 2.59 bits per heavy atom. The van der Waals surface area contributed by atoms with Gasteiger partial charge >= 0.3 is 0 Å². The summed E-state index contributed by atoms with van der Waals surface area (Å²) in [5.41, 5.74) is 4.53. The van der Waals surface area contributed by atoms with Gasteiger partial charge in [-0.15, -0.1) is 0 Å². The van der Waals surface area contributed by atoms with Crippen LogP contribution in [0.2, 0.25) is 5.02 Å². The summed E-state index contributed by atoms with van der Waals surface area (Å²) < 4.78 is 0. The molecule has 2 amide bonds. The van der Waals surface area contributed by atoms with Crippen molar-refractivity contribution in [3.63, 3.8) is 0 Å². The molecule has 162 valence electrons. The van der Waals surface area contributed by atoms with Crippen molar-refractivity contribution in [3.8, 4) is 0 Å². The number of rotatable bonds is 5. The molecule has 0 atom stereocenters. The van der Waals surface area contributed by atoms with Gasteiger partial charge in [0.05, 0.1) is 10.6 Å². The molecular formula is C26H23ClN2O2S. The van der Waals surface area contributed by atoms with Crippen molar-refractivity contribution in [2.24, 2.45) is 0 Å². The number of fused-ring (bicyclic) bond motifs is 1. The Hall–Kier alpha value is -3.02. The largest absolute Gasteiger partial charge is 0.352 e. The average molecular weight is 463 g/mol. The van der Waals surface area contributed by atoms with E-state index in [0.29, 0.717) is 22.0 Å². The monoisotopic (exact) mass is 462 g/mol. The van der Waals surface area contributed by atoms with Gasteiger partial charge in [-0.25, -0.2) is 0 Å². The van der Waals surface area contributed by atoms with Gasteiger partial charge in [0.1, 0.15) is 0 Å². The molecule has 32 heavy (non-hydrogen) atoms. The van der Waals surface area contributed by atoms with Crippen LogP contribution in [0.3, 0.4) is 0 Å². The first-order chi connectivity index (χ1) is 15.4. The molecule has 6 heteroatoms. The third-order valence-electron chi connectivity index (χ3n) is 5.41. The maximum atomic E-state index is 13.0. The molecule has 3 aromatic rings. The predicted molar refractivity (Wildman–Crippen MR) is 132 cm³/mol. The molecule has 0 bridgehead atoms. The molecule has 0 saturated carbocycles. The van der Waals surface area contributed by atoms with Crippen LogP contribution in [0.25, 0.3) is 6.08 Å². The predicted octanol–water partition coefficient (Wildman–Crippen LogP) is 5.73. The normalized spacial score (nSPS) is 14.4. The van der Waals surface area contributed by atoms with Crippen LogP contribution in [-0.2, 0) is 11.2 Å². The lowest BCUT2D eigenvalue weighted by atomic mass is 10.1. The lowest BCUT2D eigenvalue weighted by Crippen LogP contribution is -2.31. The fraction of sp³-hybridized carbons (Fsp3) is 0.154. The second-order valence-electron chi connectivity index (χ2n) is 7.65. The first kappa shape index (κ1) is 22.2. The van der Waals surface area contributed by atoms with Crippen LogP contribution in [0.5, 0.6) is 0 Å². The molecule has 1 heterocycles. The number of benzene rings is 3. The second-order valence-corrected chi connectivity index (χ2v) is 9.17. The van der Waals surface area contributed by atoms with Gasteiger partial charge in [-0.3, -0.25) is 9.59 Å². The number of amides is 2. The number of anilines is 1. The van der Waals surface area contributed by atoms with E-state index in [-0.39, 0.29) is 11.8 Å². The highest BCUT2D eigenvalue weighted by Crippen LogP contribution is 2.42. The minimum atomic E-state index is -0.158. The Kier molecular flexibility index (Phi) is 6.68. The minimum Gasteiger partial charge on any atom is -0.352 e. The molecule has 0 unspecified atom stereocenters. The van der Waals surface area contributed by atoms with Crippen LogP contribution < -0.4 is 10.2 Å². The highest BCUT2D eigenvalue weighted by atomic mass is 35.5. The second kappa shape index (κ2) is 9.63. The fourth-order valence-corrected chi connectivity index (χ4v) is 4.71. The maximum absolute atomic E-state index is 13.0. The van der Waals surface area contributed by atoms with E-state index in [1.165, 1.54) is 11.8 Å². The number of hydrogen-bond donors (Lipinski definition) is 1. The lowest BCUT2D eigenvalue weighted by Gasteiger charge is -2.27. The number of hydrogen-bond acceptors (Lipinski definition) is 3. The number of halogens is 1. The zero-order valence-electron chi connectivity index (χ0n) is 17.9. The van der Waals surface area contributed by atoms with E-state index in [0.717, 1.165) is 33.7 Å². The fourth-order valence-electron chi connectivity index (χ4n) is 3.50. The zero-order valence-corrected chi connectivity index (χ0v) is 19.5. The van der Waals surface area contributed by atoms with E-state index < -0.39 is 0 Å². The summed E-state index contributed by atoms with van der Waals surface area (Å²) in [6, 6.07) is 21.1. The molecule has 0 fully saturated rings. The zero-order chi connectivity index (χ0) is 22.7. The Morgan fingerprint density at radius 1 is 1.09 bits per heavy atom. The van der Waals surface area contributed by atoms with Gasteiger partial charge in [0.15, 0.2) is 0 Å². The molecule has 1 aliphatic heterocycles. The lowest BCUT2D eigenvalue weighted by molar-refractivity contribution is -0.114. The van der Waals surface area contributed by atoms with Crippen LogP contribution in [-0.4, -0.2) is 25.4 Å². The van der Waals surface area contributed by atoms with Crippen molar-refractivity contribution in [2.75, 3.05) is 18.5 Å². The van der Waals surface area contributed by atoms with Crippen LogP contribution in [0, 0.1) is 6.92 Å². The van der Waals surface area contributed by atoms with Gasteiger partial charge in [-0.05, 0) is 66.4 Å². The highest BCUT2D eigenvalue weighted by molar-refractivity contribution is 8.04. The van der Waals surface area contributed by atoms with Gasteiger partial charge in [-0.2, -0.15) is 0 Å². The number of carbonyl (C=O) groups is 2. The first-order valence-corrected chi connectivity index (χ1v) is 11.5. The molecule has 4 rings (SSSR count). The molecule has 1 aliphatic rings. The number of thioether (sulfide) groups is 1. The van der Waals surface area contributed by atoms with E-state index >= 15 is 0 Å². The number of nitrogens with zero attached hydrogens (tertiary/aromatic N) is 1. The SMILES string of the molecule is Cc1ccccc1/C=C1\Sc2ccc(C(=O)NCCc3ccc(Cl)cc3)cc2N(C)C1=O. The molecule has 1 N–H and O–H groups in total. The minimum absolute atomic E-state index is 0.0777. The molecule has 0 spiro atoms. The van der Waals surface area contributed by atoms with E-state index in [1.54, 1.807) is 24.1 Å². The molecule has 0 aliphatic carbocycles. The van der Waals surface area contributed by atoms with E-state index in [2.05, 4.69) is 5.32 Å². The summed E-state index contributed by atoms with van der Waals surface area (Å²) in [4.78, 5) is 28.8. The summed E-state index contributed by atoms with van der Waals surface area (Å²) in [6.45, 7) is 2.55. The van der Waals surface area contributed by atoms with Gasteiger partial charge < -0.3 is 10.2 Å². The summed E-state index contributed by atoms with van der Waals surface area (Å²) in [5.74, 6) is -0.236. The molecule has 0 aromatic heterocycles. The standard InChI is InChI=1S/C26H23ClN2O2S/c1-17-5-3-4-6-19(17)16-24-26(31)29(2)22-15-20(9-12-23(22)32-24)25(30)28-14-13-18-7-10-21(27)11-8-18/h3-12,15-16H,13-14H2,1-2H3,(H,28,30)/b24-16-. The summed E-state index contributed by atoms with van der Waals surface area (Å²) in [7, 11) is 1.74. The van der Waals surface area contributed by atoms with Gasteiger partial charge in [0.25, 0.3) is 11.8 Å². The van der Waals surface area contributed by atoms with E-state index in [4.69, 9.17) is 11.6 Å². The number of nitrogens with one attached hydrogen (secondary N) is 1. The first-order valence-electron chi connectivity index (χ1n) is 10.3. The summed E-state index contributed by atoms with van der Waals surface area (Å²) >= 11 is 7.35. The molecule has 4 nitrogen and oxygen atoms in total. The topological polar surface area (TPSA) is 49.4 Å². The molecular weight excluding hydrogens is 440 g/mol. The quantitative estimate of drug-likeness (QED) is 0.492. The Morgan fingerprint density at radius 2 is 1.84 bits per heavy atom. The van der Waals surface area contributed by atoms with Crippen molar-refractivity contribution in [2.45, 2.75) is 18.2 Å². The number of likely N-dealkylation sites (N-methyl/N-ethyl adjacent to an activating group) is 1. The van der Waals surface area contributed by atoms with E-state index in [9.17, 15) is 9.59 Å². The van der Waals surface area contributed by atoms with Crippen LogP contribution >= 0.6 is 23.4 Å². The van der Waals surface area contributed by atoms with Gasteiger partial charge in [0.2, 0.25) is 0 Å². The summed E-state index contributed by atoms with van der Waals surface area (Å²) in [6.07, 6.45) is 2.65. The Balaban J connectivity index is 1.47. The Bertz CT molecular complexity index is 1200. The van der Waals surface area contributed by atoms with Gasteiger partial charge in [0, 0.05) is 29.1 Å².